The first-order valence-corrected chi connectivity index (χ1v) is 9.36. The van der Waals surface area contributed by atoms with Crippen LogP contribution in [0.1, 0.15) is 38.5 Å². The van der Waals surface area contributed by atoms with Crippen molar-refractivity contribution >= 4 is 11.0 Å². The van der Waals surface area contributed by atoms with Gasteiger partial charge in [-0.2, -0.15) is 0 Å². The molecule has 1 aromatic heterocycles. The van der Waals surface area contributed by atoms with Crippen LogP contribution in [0.3, 0.4) is 0 Å². The van der Waals surface area contributed by atoms with Crippen molar-refractivity contribution in [2.24, 2.45) is 5.92 Å². The lowest BCUT2D eigenvalue weighted by Gasteiger charge is -2.26. The number of hydrogen-bond donors (Lipinski definition) is 2. The van der Waals surface area contributed by atoms with Crippen LogP contribution in [-0.2, 0) is 0 Å². The van der Waals surface area contributed by atoms with Crippen LogP contribution in [-0.4, -0.2) is 42.2 Å². The van der Waals surface area contributed by atoms with Gasteiger partial charge in [0, 0.05) is 0 Å². The quantitative estimate of drug-likeness (QED) is 0.867. The highest BCUT2D eigenvalue weighted by Crippen LogP contribution is 2.36. The van der Waals surface area contributed by atoms with Gasteiger partial charge in [0.2, 0.25) is 0 Å². The average Bonchev–Trinajstić information content (AvgIpc) is 3.07. The Kier molecular flexibility index (Phi) is 5.08. The topological polar surface area (TPSA) is 76.8 Å². The molecule has 1 saturated heterocycles. The highest BCUT2D eigenvalue weighted by atomic mass is 16.5. The number of aromatic nitrogens is 1. The predicted molar refractivity (Wildman–Crippen MR) is 94.0 cm³/mol. The second-order valence-electron chi connectivity index (χ2n) is 7.17. The zero-order valence-corrected chi connectivity index (χ0v) is 14.4. The summed E-state index contributed by atoms with van der Waals surface area (Å²) in [6.45, 7) is 2.76. The van der Waals surface area contributed by atoms with E-state index in [-0.39, 0.29) is 12.2 Å². The molecule has 0 radical (unpaired) electrons. The summed E-state index contributed by atoms with van der Waals surface area (Å²) in [5.74, 6) is 1.85. The first-order valence-electron chi connectivity index (χ1n) is 9.36. The van der Waals surface area contributed by atoms with E-state index in [0.717, 1.165) is 62.8 Å². The summed E-state index contributed by atoms with van der Waals surface area (Å²) in [6.07, 6.45) is 5.53. The second-order valence-corrected chi connectivity index (χ2v) is 7.17. The molecule has 6 nitrogen and oxygen atoms in total. The fraction of sp³-hybridized carbons (Fsp3) is 0.632. The van der Waals surface area contributed by atoms with Crippen LogP contribution in [0.4, 0.5) is 0 Å². The summed E-state index contributed by atoms with van der Waals surface area (Å²) in [5, 5.41) is 18.0. The third-order valence-corrected chi connectivity index (χ3v) is 5.28. The van der Waals surface area contributed by atoms with Gasteiger partial charge in [-0.3, -0.25) is 0 Å². The summed E-state index contributed by atoms with van der Waals surface area (Å²) in [7, 11) is 0. The molecule has 0 bridgehead atoms. The lowest BCUT2D eigenvalue weighted by Crippen LogP contribution is -2.30. The molecule has 0 unspecified atom stereocenters. The van der Waals surface area contributed by atoms with Gasteiger partial charge in [-0.25, -0.2) is 0 Å². The summed E-state index contributed by atoms with van der Waals surface area (Å²) in [5.41, 5.74) is 0.689. The SMILES string of the molecule is O[C@H]1CC[C@H](Oc2cccc3onc(OCC4CCNCC4)c23)CC1. The van der Waals surface area contributed by atoms with Crippen molar-refractivity contribution in [3.05, 3.63) is 18.2 Å². The molecule has 1 aliphatic heterocycles. The molecule has 6 heteroatoms. The number of ether oxygens (including phenoxy) is 2. The first kappa shape index (κ1) is 16.7. The van der Waals surface area contributed by atoms with Crippen molar-refractivity contribution in [2.75, 3.05) is 19.7 Å². The summed E-state index contributed by atoms with van der Waals surface area (Å²) in [4.78, 5) is 0. The number of fused-ring (bicyclic) bond motifs is 1. The van der Waals surface area contributed by atoms with Gasteiger partial charge in [-0.15, -0.1) is 0 Å². The van der Waals surface area contributed by atoms with E-state index >= 15 is 0 Å². The van der Waals surface area contributed by atoms with E-state index in [9.17, 15) is 5.11 Å². The van der Waals surface area contributed by atoms with Crippen LogP contribution in [0.15, 0.2) is 22.7 Å². The number of nitrogens with one attached hydrogen (secondary N) is 1. The monoisotopic (exact) mass is 346 g/mol. The van der Waals surface area contributed by atoms with Gasteiger partial charge in [0.1, 0.15) is 11.1 Å². The van der Waals surface area contributed by atoms with Crippen molar-refractivity contribution < 1.29 is 19.1 Å². The fourth-order valence-electron chi connectivity index (χ4n) is 3.72. The molecule has 1 aliphatic carbocycles. The van der Waals surface area contributed by atoms with E-state index in [1.165, 1.54) is 0 Å². The van der Waals surface area contributed by atoms with Crippen LogP contribution in [0.5, 0.6) is 11.6 Å². The van der Waals surface area contributed by atoms with E-state index in [1.54, 1.807) is 0 Å². The number of nitrogens with zero attached hydrogens (tertiary/aromatic N) is 1. The van der Waals surface area contributed by atoms with Crippen molar-refractivity contribution in [2.45, 2.75) is 50.7 Å². The number of aliphatic hydroxyl groups is 1. The van der Waals surface area contributed by atoms with E-state index < -0.39 is 0 Å². The highest BCUT2D eigenvalue weighted by molar-refractivity contribution is 5.88. The smallest absolute Gasteiger partial charge is 0.265 e. The minimum Gasteiger partial charge on any atom is -0.489 e. The van der Waals surface area contributed by atoms with Gasteiger partial charge in [0.15, 0.2) is 5.58 Å². The molecule has 2 heterocycles. The Balaban J connectivity index is 1.48. The van der Waals surface area contributed by atoms with Crippen LogP contribution < -0.4 is 14.8 Å². The molecule has 2 aliphatic rings. The Labute approximate surface area is 147 Å². The summed E-state index contributed by atoms with van der Waals surface area (Å²) < 4.78 is 17.6. The van der Waals surface area contributed by atoms with Crippen LogP contribution in [0.25, 0.3) is 11.0 Å². The van der Waals surface area contributed by atoms with Crippen molar-refractivity contribution in [3.8, 4) is 11.6 Å². The minimum atomic E-state index is -0.185. The maximum absolute atomic E-state index is 9.66. The van der Waals surface area contributed by atoms with Gasteiger partial charge in [-0.1, -0.05) is 6.07 Å². The van der Waals surface area contributed by atoms with Gasteiger partial charge in [0.05, 0.1) is 18.8 Å². The number of piperidine rings is 1. The molecule has 2 fully saturated rings. The number of rotatable bonds is 5. The molecule has 25 heavy (non-hydrogen) atoms. The maximum atomic E-state index is 9.66. The standard InChI is InChI=1S/C19H26N2O4/c22-14-4-6-15(7-5-14)24-16-2-1-3-17-18(16)19(21-25-17)23-12-13-8-10-20-11-9-13/h1-3,13-15,20,22H,4-12H2/t14-,15-. The fourth-order valence-corrected chi connectivity index (χ4v) is 3.72. The van der Waals surface area contributed by atoms with Crippen LogP contribution in [0.2, 0.25) is 0 Å². The third kappa shape index (κ3) is 3.90. The Morgan fingerprint density at radius 1 is 1.12 bits per heavy atom. The molecule has 4 rings (SSSR count). The Hall–Kier alpha value is -1.79. The van der Waals surface area contributed by atoms with Gasteiger partial charge in [-0.05, 0) is 74.8 Å². The number of benzene rings is 1. The highest BCUT2D eigenvalue weighted by Gasteiger charge is 2.24. The van der Waals surface area contributed by atoms with Crippen molar-refractivity contribution in [3.63, 3.8) is 0 Å². The molecule has 1 aromatic carbocycles. The first-order chi connectivity index (χ1) is 12.3. The average molecular weight is 346 g/mol. The molecule has 0 spiro atoms. The van der Waals surface area contributed by atoms with E-state index in [0.29, 0.717) is 24.0 Å². The van der Waals surface area contributed by atoms with E-state index in [4.69, 9.17) is 14.0 Å². The van der Waals surface area contributed by atoms with Crippen molar-refractivity contribution in [1.82, 2.24) is 10.5 Å². The molecular formula is C19H26N2O4. The second kappa shape index (κ2) is 7.62. The largest absolute Gasteiger partial charge is 0.489 e. The lowest BCUT2D eigenvalue weighted by molar-refractivity contribution is 0.0672. The molecule has 2 N–H and O–H groups in total. The van der Waals surface area contributed by atoms with Crippen molar-refractivity contribution in [1.29, 1.82) is 0 Å². The normalized spacial score (nSPS) is 25.2. The summed E-state index contributed by atoms with van der Waals surface area (Å²) >= 11 is 0. The van der Waals surface area contributed by atoms with Crippen LogP contribution >= 0.6 is 0 Å². The Bertz CT molecular complexity index is 688. The lowest BCUT2D eigenvalue weighted by atomic mass is 9.95. The Morgan fingerprint density at radius 2 is 1.92 bits per heavy atom. The zero-order valence-electron chi connectivity index (χ0n) is 14.4. The maximum Gasteiger partial charge on any atom is 0.265 e. The molecule has 136 valence electrons. The number of hydrogen-bond acceptors (Lipinski definition) is 6. The van der Waals surface area contributed by atoms with Gasteiger partial charge in [0.25, 0.3) is 5.88 Å². The summed E-state index contributed by atoms with van der Waals surface area (Å²) in [6, 6.07) is 5.75. The predicted octanol–water partition coefficient (Wildman–Crippen LogP) is 2.89. The number of aliphatic hydroxyl groups excluding tert-OH is 1. The third-order valence-electron chi connectivity index (χ3n) is 5.28. The van der Waals surface area contributed by atoms with E-state index in [1.807, 2.05) is 18.2 Å². The molecular weight excluding hydrogens is 320 g/mol. The van der Waals surface area contributed by atoms with Gasteiger partial charge >= 0.3 is 0 Å². The molecule has 1 saturated carbocycles. The minimum absolute atomic E-state index is 0.126. The Morgan fingerprint density at radius 3 is 2.72 bits per heavy atom. The van der Waals surface area contributed by atoms with Gasteiger partial charge < -0.3 is 24.4 Å². The molecule has 0 atom stereocenters. The zero-order chi connectivity index (χ0) is 17.1. The van der Waals surface area contributed by atoms with Crippen LogP contribution in [0, 0.1) is 5.92 Å². The van der Waals surface area contributed by atoms with E-state index in [2.05, 4.69) is 10.5 Å². The molecule has 0 amide bonds. The molecule has 2 aromatic rings.